The smallest absolute Gasteiger partial charge is 0.125 e. The maximum absolute atomic E-state index is 9.80. The summed E-state index contributed by atoms with van der Waals surface area (Å²) >= 11 is 0. The van der Waals surface area contributed by atoms with Crippen LogP contribution in [0.1, 0.15) is 25.5 Å². The molecule has 0 unspecified atom stereocenters. The lowest BCUT2D eigenvalue weighted by Gasteiger charge is -2.18. The van der Waals surface area contributed by atoms with Gasteiger partial charge in [0.25, 0.3) is 0 Å². The van der Waals surface area contributed by atoms with Gasteiger partial charge in [-0.05, 0) is 19.9 Å². The first-order chi connectivity index (χ1) is 6.66. The van der Waals surface area contributed by atoms with Crippen LogP contribution in [0.2, 0.25) is 0 Å². The summed E-state index contributed by atoms with van der Waals surface area (Å²) in [7, 11) is 0. The summed E-state index contributed by atoms with van der Waals surface area (Å²) in [5, 5.41) is 9.80. The van der Waals surface area contributed by atoms with Gasteiger partial charge in [-0.2, -0.15) is 0 Å². The third kappa shape index (κ3) is 2.47. The molecule has 1 rings (SSSR count). The second kappa shape index (κ2) is 4.98. The van der Waals surface area contributed by atoms with Crippen molar-refractivity contribution in [3.63, 3.8) is 0 Å². The quantitative estimate of drug-likeness (QED) is 0.764. The molecule has 0 heterocycles. The van der Waals surface area contributed by atoms with Crippen molar-refractivity contribution >= 4 is 0 Å². The van der Waals surface area contributed by atoms with Crippen LogP contribution in [0.3, 0.4) is 0 Å². The van der Waals surface area contributed by atoms with Crippen LogP contribution in [-0.2, 0) is 0 Å². The summed E-state index contributed by atoms with van der Waals surface area (Å²) in [5.74, 6) is 0.708. The molecule has 0 aromatic heterocycles. The first kappa shape index (κ1) is 11.0. The summed E-state index contributed by atoms with van der Waals surface area (Å²) in [5.41, 5.74) is 6.38. The lowest BCUT2D eigenvalue weighted by Crippen LogP contribution is -2.24. The molecule has 3 nitrogen and oxygen atoms in total. The van der Waals surface area contributed by atoms with E-state index in [2.05, 4.69) is 0 Å². The number of aliphatic hydroxyl groups is 1. The Morgan fingerprint density at radius 2 is 2.07 bits per heavy atom. The molecule has 78 valence electrons. The standard InChI is InChI=1S/C11H17NO2/c1-3-14-10-7-5-4-6-9(10)11(13)8(2)12/h4-8,11,13H,3,12H2,1-2H3/t8-,11-/m0/s1. The number of rotatable bonds is 4. The van der Waals surface area contributed by atoms with Crippen molar-refractivity contribution < 1.29 is 9.84 Å². The maximum atomic E-state index is 9.80. The zero-order chi connectivity index (χ0) is 10.6. The molecule has 3 heteroatoms. The van der Waals surface area contributed by atoms with E-state index in [1.54, 1.807) is 6.92 Å². The molecule has 0 amide bonds. The first-order valence-corrected chi connectivity index (χ1v) is 4.82. The van der Waals surface area contributed by atoms with E-state index >= 15 is 0 Å². The van der Waals surface area contributed by atoms with Crippen LogP contribution in [0.25, 0.3) is 0 Å². The van der Waals surface area contributed by atoms with Gasteiger partial charge in [-0.3, -0.25) is 0 Å². The monoisotopic (exact) mass is 195 g/mol. The molecule has 0 aliphatic rings. The molecule has 1 aromatic carbocycles. The van der Waals surface area contributed by atoms with Gasteiger partial charge in [-0.15, -0.1) is 0 Å². The Kier molecular flexibility index (Phi) is 3.92. The fourth-order valence-electron chi connectivity index (χ4n) is 1.30. The Balaban J connectivity index is 2.94. The number of ether oxygens (including phenoxy) is 1. The predicted octanol–water partition coefficient (Wildman–Crippen LogP) is 1.47. The zero-order valence-corrected chi connectivity index (χ0v) is 8.60. The van der Waals surface area contributed by atoms with Gasteiger partial charge in [0.1, 0.15) is 5.75 Å². The molecule has 0 bridgehead atoms. The average Bonchev–Trinajstić information content (AvgIpc) is 2.18. The minimum atomic E-state index is -0.669. The summed E-state index contributed by atoms with van der Waals surface area (Å²) < 4.78 is 5.39. The van der Waals surface area contributed by atoms with E-state index in [9.17, 15) is 5.11 Å². The van der Waals surface area contributed by atoms with Crippen LogP contribution in [0.4, 0.5) is 0 Å². The maximum Gasteiger partial charge on any atom is 0.125 e. The highest BCUT2D eigenvalue weighted by Gasteiger charge is 2.16. The number of para-hydroxylation sites is 1. The third-order valence-electron chi connectivity index (χ3n) is 2.04. The summed E-state index contributed by atoms with van der Waals surface area (Å²) in [6.45, 7) is 4.27. The summed E-state index contributed by atoms with van der Waals surface area (Å²) in [6.07, 6.45) is -0.669. The van der Waals surface area contributed by atoms with Crippen LogP contribution in [0.15, 0.2) is 24.3 Å². The number of benzene rings is 1. The Labute approximate surface area is 84.5 Å². The van der Waals surface area contributed by atoms with E-state index < -0.39 is 6.10 Å². The molecule has 3 N–H and O–H groups in total. The van der Waals surface area contributed by atoms with Crippen LogP contribution >= 0.6 is 0 Å². The zero-order valence-electron chi connectivity index (χ0n) is 8.60. The van der Waals surface area contributed by atoms with Gasteiger partial charge < -0.3 is 15.6 Å². The van der Waals surface area contributed by atoms with Crippen molar-refractivity contribution in [2.45, 2.75) is 26.0 Å². The fourth-order valence-corrected chi connectivity index (χ4v) is 1.30. The molecule has 0 fully saturated rings. The molecule has 0 aliphatic heterocycles. The van der Waals surface area contributed by atoms with Crippen LogP contribution in [-0.4, -0.2) is 17.8 Å². The highest BCUT2D eigenvalue weighted by atomic mass is 16.5. The van der Waals surface area contributed by atoms with E-state index in [0.717, 1.165) is 5.56 Å². The van der Waals surface area contributed by atoms with Gasteiger partial charge >= 0.3 is 0 Å². The Morgan fingerprint density at radius 1 is 1.43 bits per heavy atom. The lowest BCUT2D eigenvalue weighted by atomic mass is 10.0. The Morgan fingerprint density at radius 3 is 2.64 bits per heavy atom. The molecular formula is C11H17NO2. The molecular weight excluding hydrogens is 178 g/mol. The fraction of sp³-hybridized carbons (Fsp3) is 0.455. The minimum absolute atomic E-state index is 0.295. The second-order valence-corrected chi connectivity index (χ2v) is 3.27. The first-order valence-electron chi connectivity index (χ1n) is 4.82. The van der Waals surface area contributed by atoms with Crippen molar-refractivity contribution in [2.24, 2.45) is 5.73 Å². The van der Waals surface area contributed by atoms with Gasteiger partial charge in [-0.25, -0.2) is 0 Å². The lowest BCUT2D eigenvalue weighted by molar-refractivity contribution is 0.148. The summed E-state index contributed by atoms with van der Waals surface area (Å²) in [4.78, 5) is 0. The molecule has 2 atom stereocenters. The van der Waals surface area contributed by atoms with Gasteiger partial charge in [0.05, 0.1) is 12.7 Å². The third-order valence-corrected chi connectivity index (χ3v) is 2.04. The largest absolute Gasteiger partial charge is 0.493 e. The SMILES string of the molecule is CCOc1ccccc1[C@@H](O)[C@H](C)N. The number of nitrogens with two attached hydrogens (primary N) is 1. The minimum Gasteiger partial charge on any atom is -0.493 e. The van der Waals surface area contributed by atoms with Crippen LogP contribution in [0, 0.1) is 0 Å². The van der Waals surface area contributed by atoms with Gasteiger partial charge in [0.15, 0.2) is 0 Å². The van der Waals surface area contributed by atoms with E-state index in [-0.39, 0.29) is 6.04 Å². The van der Waals surface area contributed by atoms with Crippen molar-refractivity contribution in [1.82, 2.24) is 0 Å². The highest BCUT2D eigenvalue weighted by molar-refractivity contribution is 5.35. The number of hydrogen-bond donors (Lipinski definition) is 2. The van der Waals surface area contributed by atoms with Crippen molar-refractivity contribution in [3.05, 3.63) is 29.8 Å². The van der Waals surface area contributed by atoms with Crippen molar-refractivity contribution in [1.29, 1.82) is 0 Å². The van der Waals surface area contributed by atoms with E-state index in [1.165, 1.54) is 0 Å². The van der Waals surface area contributed by atoms with Crippen LogP contribution in [0.5, 0.6) is 5.75 Å². The predicted molar refractivity (Wildman–Crippen MR) is 56.2 cm³/mol. The highest BCUT2D eigenvalue weighted by Crippen LogP contribution is 2.26. The van der Waals surface area contributed by atoms with E-state index in [1.807, 2.05) is 31.2 Å². The van der Waals surface area contributed by atoms with Gasteiger partial charge in [-0.1, -0.05) is 18.2 Å². The normalized spacial score (nSPS) is 14.9. The van der Waals surface area contributed by atoms with Crippen LogP contribution < -0.4 is 10.5 Å². The molecule has 14 heavy (non-hydrogen) atoms. The van der Waals surface area contributed by atoms with Crippen molar-refractivity contribution in [3.8, 4) is 5.75 Å². The average molecular weight is 195 g/mol. The molecule has 0 radical (unpaired) electrons. The second-order valence-electron chi connectivity index (χ2n) is 3.27. The van der Waals surface area contributed by atoms with Gasteiger partial charge in [0, 0.05) is 11.6 Å². The molecule has 0 saturated carbocycles. The molecule has 1 aromatic rings. The van der Waals surface area contributed by atoms with Gasteiger partial charge in [0.2, 0.25) is 0 Å². The Bertz CT molecular complexity index is 286. The number of aliphatic hydroxyl groups excluding tert-OH is 1. The van der Waals surface area contributed by atoms with E-state index in [0.29, 0.717) is 12.4 Å². The summed E-state index contributed by atoms with van der Waals surface area (Å²) in [6, 6.07) is 7.12. The van der Waals surface area contributed by atoms with E-state index in [4.69, 9.17) is 10.5 Å². The molecule has 0 aliphatic carbocycles. The van der Waals surface area contributed by atoms with Crippen molar-refractivity contribution in [2.75, 3.05) is 6.61 Å². The number of hydrogen-bond acceptors (Lipinski definition) is 3. The Hall–Kier alpha value is -1.06. The molecule has 0 spiro atoms. The molecule has 0 saturated heterocycles. The topological polar surface area (TPSA) is 55.5 Å².